The maximum absolute atomic E-state index is 12.1. The molecule has 0 atom stereocenters. The molecule has 0 aliphatic rings. The number of halogens is 2. The Labute approximate surface area is 143 Å². The number of Topliss-reactive ketones (excluding diaryl/α,β-unsaturated/α-hetero) is 1. The van der Waals surface area contributed by atoms with Gasteiger partial charge in [0.1, 0.15) is 0 Å². The van der Waals surface area contributed by atoms with Gasteiger partial charge < -0.3 is 0 Å². The van der Waals surface area contributed by atoms with Gasteiger partial charge in [0, 0.05) is 17.5 Å². The van der Waals surface area contributed by atoms with Crippen LogP contribution in [0.1, 0.15) is 31.1 Å². The third kappa shape index (κ3) is 7.13. The van der Waals surface area contributed by atoms with Gasteiger partial charge in [0.05, 0.1) is 16.6 Å². The Balaban J connectivity index is 2.52. The van der Waals surface area contributed by atoms with E-state index in [0.29, 0.717) is 28.7 Å². The highest BCUT2D eigenvalue weighted by Gasteiger charge is 2.10. The zero-order valence-corrected chi connectivity index (χ0v) is 14.9. The lowest BCUT2D eigenvalue weighted by Gasteiger charge is -2.13. The number of ketones is 1. The van der Waals surface area contributed by atoms with Crippen molar-refractivity contribution in [3.63, 3.8) is 0 Å². The molecule has 22 heavy (non-hydrogen) atoms. The van der Waals surface area contributed by atoms with Crippen LogP contribution in [0.4, 0.5) is 0 Å². The van der Waals surface area contributed by atoms with E-state index in [9.17, 15) is 4.79 Å². The van der Waals surface area contributed by atoms with Crippen LogP contribution in [0.5, 0.6) is 0 Å². The van der Waals surface area contributed by atoms with Gasteiger partial charge in [0.25, 0.3) is 0 Å². The second kappa shape index (κ2) is 8.39. The summed E-state index contributed by atoms with van der Waals surface area (Å²) in [4.78, 5) is 14.1. The smallest absolute Gasteiger partial charge is 0.176 e. The van der Waals surface area contributed by atoms with Crippen molar-refractivity contribution in [2.45, 2.75) is 20.8 Å². The highest BCUT2D eigenvalue weighted by molar-refractivity contribution is 6.42. The first-order valence-electron chi connectivity index (χ1n) is 7.03. The van der Waals surface area contributed by atoms with Gasteiger partial charge in [-0.15, -0.1) is 0 Å². The fourth-order valence-electron chi connectivity index (χ4n) is 1.62. The summed E-state index contributed by atoms with van der Waals surface area (Å²) in [5.74, 6) is 6.14. The summed E-state index contributed by atoms with van der Waals surface area (Å²) in [6.45, 7) is 7.17. The lowest BCUT2D eigenvalue weighted by atomic mass is 9.98. The van der Waals surface area contributed by atoms with Gasteiger partial charge >= 0.3 is 0 Å². The summed E-state index contributed by atoms with van der Waals surface area (Å²) in [5, 5.41) is 0.847. The number of carbonyl (C=O) groups is 1. The molecule has 118 valence electrons. The lowest BCUT2D eigenvalue weighted by Crippen LogP contribution is -2.26. The summed E-state index contributed by atoms with van der Waals surface area (Å²) in [7, 11) is 1.89. The first kappa shape index (κ1) is 18.8. The maximum atomic E-state index is 12.1. The Kier molecular flexibility index (Phi) is 7.16. The molecule has 0 aliphatic carbocycles. The van der Waals surface area contributed by atoms with Crippen LogP contribution in [0.25, 0.3) is 0 Å². The van der Waals surface area contributed by atoms with Crippen LogP contribution in [0.15, 0.2) is 30.4 Å². The largest absolute Gasteiger partial charge is 0.295 e. The van der Waals surface area contributed by atoms with Gasteiger partial charge in [0.15, 0.2) is 5.78 Å². The molecular formula is C18H21Cl2NO. The van der Waals surface area contributed by atoms with Crippen LogP contribution >= 0.6 is 23.2 Å². The topological polar surface area (TPSA) is 20.3 Å². The average molecular weight is 338 g/mol. The minimum absolute atomic E-state index is 0.0000587. The molecule has 4 heteroatoms. The lowest BCUT2D eigenvalue weighted by molar-refractivity contribution is 0.0952. The molecule has 2 nitrogen and oxygen atoms in total. The first-order chi connectivity index (χ1) is 10.2. The van der Waals surface area contributed by atoms with Crippen molar-refractivity contribution >= 4 is 29.0 Å². The second-order valence-electron chi connectivity index (χ2n) is 6.17. The van der Waals surface area contributed by atoms with Gasteiger partial charge in [0.2, 0.25) is 0 Å². The molecule has 0 saturated carbocycles. The summed E-state index contributed by atoms with van der Waals surface area (Å²) in [5.41, 5.74) is 0.567. The number of hydrogen-bond donors (Lipinski definition) is 0. The van der Waals surface area contributed by atoms with Crippen molar-refractivity contribution in [1.29, 1.82) is 0 Å². The third-order valence-electron chi connectivity index (χ3n) is 2.72. The van der Waals surface area contributed by atoms with Crippen LogP contribution in [-0.2, 0) is 0 Å². The number of benzene rings is 1. The molecule has 0 amide bonds. The molecular weight excluding hydrogens is 317 g/mol. The summed E-state index contributed by atoms with van der Waals surface area (Å²) in [6.07, 6.45) is 3.77. The maximum Gasteiger partial charge on any atom is 0.176 e. The SMILES string of the molecule is CN(CC=CC#CC(C)(C)C)CC(=O)c1ccc(Cl)c(Cl)c1. The second-order valence-corrected chi connectivity index (χ2v) is 6.98. The number of rotatable bonds is 5. The van der Waals surface area contributed by atoms with E-state index in [-0.39, 0.29) is 11.2 Å². The van der Waals surface area contributed by atoms with Crippen molar-refractivity contribution in [2.75, 3.05) is 20.1 Å². The summed E-state index contributed by atoms with van der Waals surface area (Å²) >= 11 is 11.8. The van der Waals surface area contributed by atoms with E-state index in [2.05, 4.69) is 32.6 Å². The predicted molar refractivity (Wildman–Crippen MR) is 94.7 cm³/mol. The number of nitrogens with zero attached hydrogens (tertiary/aromatic N) is 1. The molecule has 0 aromatic heterocycles. The van der Waals surface area contributed by atoms with E-state index in [1.165, 1.54) is 0 Å². The normalized spacial score (nSPS) is 11.6. The van der Waals surface area contributed by atoms with Crippen molar-refractivity contribution in [3.8, 4) is 11.8 Å². The van der Waals surface area contributed by atoms with E-state index in [1.807, 2.05) is 24.1 Å². The average Bonchev–Trinajstić information content (AvgIpc) is 2.40. The predicted octanol–water partition coefficient (Wildman–Crippen LogP) is 4.71. The molecule has 0 spiro atoms. The van der Waals surface area contributed by atoms with E-state index in [0.717, 1.165) is 0 Å². The molecule has 0 unspecified atom stereocenters. The van der Waals surface area contributed by atoms with Gasteiger partial charge in [-0.05, 0) is 52.1 Å². The highest BCUT2D eigenvalue weighted by Crippen LogP contribution is 2.22. The van der Waals surface area contributed by atoms with E-state index >= 15 is 0 Å². The Bertz CT molecular complexity index is 618. The molecule has 1 rings (SSSR count). The van der Waals surface area contributed by atoms with Crippen LogP contribution in [0.2, 0.25) is 10.0 Å². The van der Waals surface area contributed by atoms with Gasteiger partial charge in [-0.25, -0.2) is 0 Å². The monoisotopic (exact) mass is 337 g/mol. The number of carbonyl (C=O) groups excluding carboxylic acids is 1. The molecule has 0 heterocycles. The van der Waals surface area contributed by atoms with Crippen LogP contribution in [-0.4, -0.2) is 30.8 Å². The fourth-order valence-corrected chi connectivity index (χ4v) is 1.92. The fraction of sp³-hybridized carbons (Fsp3) is 0.389. The van der Waals surface area contributed by atoms with Gasteiger partial charge in [-0.1, -0.05) is 41.1 Å². The molecule has 0 radical (unpaired) electrons. The van der Waals surface area contributed by atoms with Crippen molar-refractivity contribution in [2.24, 2.45) is 5.41 Å². The molecule has 0 N–H and O–H groups in total. The van der Waals surface area contributed by atoms with Crippen molar-refractivity contribution < 1.29 is 4.79 Å². The Hall–Kier alpha value is -1.27. The number of allylic oxidation sites excluding steroid dienone is 1. The van der Waals surface area contributed by atoms with Gasteiger partial charge in [-0.3, -0.25) is 9.69 Å². The molecule has 0 aliphatic heterocycles. The van der Waals surface area contributed by atoms with Crippen LogP contribution in [0.3, 0.4) is 0 Å². The minimum atomic E-state index is 0.0000587. The first-order valence-corrected chi connectivity index (χ1v) is 7.79. The number of hydrogen-bond acceptors (Lipinski definition) is 2. The van der Waals surface area contributed by atoms with Crippen molar-refractivity contribution in [1.82, 2.24) is 4.90 Å². The highest BCUT2D eigenvalue weighted by atomic mass is 35.5. The third-order valence-corrected chi connectivity index (χ3v) is 3.46. The van der Waals surface area contributed by atoms with E-state index in [1.54, 1.807) is 18.2 Å². The zero-order valence-electron chi connectivity index (χ0n) is 13.4. The molecule has 1 aromatic carbocycles. The zero-order chi connectivity index (χ0) is 16.8. The molecule has 1 aromatic rings. The number of likely N-dealkylation sites (N-methyl/N-ethyl adjacent to an activating group) is 1. The quantitative estimate of drug-likeness (QED) is 0.572. The Morgan fingerprint density at radius 3 is 2.55 bits per heavy atom. The van der Waals surface area contributed by atoms with Gasteiger partial charge in [-0.2, -0.15) is 0 Å². The standard InChI is InChI=1S/C18H21Cl2NO/c1-18(2,3)10-6-5-7-11-21(4)13-17(22)14-8-9-15(19)16(20)12-14/h5,7-9,12H,11,13H2,1-4H3. The summed E-state index contributed by atoms with van der Waals surface area (Å²) in [6, 6.07) is 4.93. The van der Waals surface area contributed by atoms with E-state index in [4.69, 9.17) is 23.2 Å². The minimum Gasteiger partial charge on any atom is -0.295 e. The van der Waals surface area contributed by atoms with Crippen molar-refractivity contribution in [3.05, 3.63) is 46.0 Å². The Morgan fingerprint density at radius 1 is 1.27 bits per heavy atom. The van der Waals surface area contributed by atoms with Crippen LogP contribution in [0, 0.1) is 17.3 Å². The van der Waals surface area contributed by atoms with E-state index < -0.39 is 0 Å². The molecule has 0 bridgehead atoms. The summed E-state index contributed by atoms with van der Waals surface area (Å²) < 4.78 is 0. The molecule has 0 fully saturated rings. The molecule has 0 saturated heterocycles. The van der Waals surface area contributed by atoms with Crippen LogP contribution < -0.4 is 0 Å². The Morgan fingerprint density at radius 2 is 1.95 bits per heavy atom.